The molecule has 0 aliphatic carbocycles. The van der Waals surface area contributed by atoms with Crippen LogP contribution in [0.3, 0.4) is 0 Å². The van der Waals surface area contributed by atoms with E-state index in [2.05, 4.69) is 11.1 Å². The molecular weight excluding hydrogens is 267 g/mol. The Morgan fingerprint density at radius 2 is 1.70 bits per heavy atom. The number of nitrogens with two attached hydrogens (primary N) is 1. The van der Waals surface area contributed by atoms with E-state index in [-0.39, 0.29) is 11.9 Å². The van der Waals surface area contributed by atoms with E-state index in [1.807, 2.05) is 19.0 Å². The van der Waals surface area contributed by atoms with Gasteiger partial charge in [-0.05, 0) is 40.4 Å². The van der Waals surface area contributed by atoms with E-state index >= 15 is 0 Å². The second-order valence-corrected chi connectivity index (χ2v) is 4.16. The first kappa shape index (κ1) is 23.6. The third-order valence-corrected chi connectivity index (χ3v) is 2.12. The Balaban J connectivity index is -0.000000410. The summed E-state index contributed by atoms with van der Waals surface area (Å²) in [6.45, 7) is 3.29. The van der Waals surface area contributed by atoms with Gasteiger partial charge in [-0.2, -0.15) is 0 Å². The van der Waals surface area contributed by atoms with Crippen molar-refractivity contribution in [2.75, 3.05) is 27.7 Å². The summed E-state index contributed by atoms with van der Waals surface area (Å²) in [6.07, 6.45) is 3.72. The number of rotatable bonds is 7. The highest BCUT2D eigenvalue weighted by molar-refractivity contribution is 5.72. The van der Waals surface area contributed by atoms with E-state index in [9.17, 15) is 9.59 Å². The van der Waals surface area contributed by atoms with E-state index in [0.717, 1.165) is 32.5 Å². The van der Waals surface area contributed by atoms with Crippen molar-refractivity contribution in [1.29, 1.82) is 0 Å². The molecule has 0 radical (unpaired) electrons. The van der Waals surface area contributed by atoms with Gasteiger partial charge in [0, 0.05) is 20.4 Å². The molecule has 0 aromatic heterocycles. The van der Waals surface area contributed by atoms with Crippen molar-refractivity contribution < 1.29 is 19.5 Å². The zero-order chi connectivity index (χ0) is 16.6. The third-order valence-electron chi connectivity index (χ3n) is 2.12. The molecule has 120 valence electrons. The zero-order valence-corrected chi connectivity index (χ0v) is 13.2. The minimum Gasteiger partial charge on any atom is -0.481 e. The molecule has 0 rings (SSSR count). The number of nitrogens with zero attached hydrogens (tertiary/aromatic N) is 1. The van der Waals surface area contributed by atoms with Crippen LogP contribution in [0.15, 0.2) is 0 Å². The van der Waals surface area contributed by atoms with E-state index in [1.165, 1.54) is 14.0 Å². The van der Waals surface area contributed by atoms with Gasteiger partial charge < -0.3 is 25.9 Å². The Kier molecular flexibility index (Phi) is 20.7. The minimum absolute atomic E-state index is 0.00421. The molecule has 0 saturated heterocycles. The average Bonchev–Trinajstić information content (AvgIpc) is 2.34. The summed E-state index contributed by atoms with van der Waals surface area (Å²) in [6, 6.07) is 0.00679. The number of carboxylic acids is 1. The molecule has 7 nitrogen and oxygen atoms in total. The topological polar surface area (TPSA) is 113 Å². The predicted molar refractivity (Wildman–Crippen MR) is 79.5 cm³/mol. The highest BCUT2D eigenvalue weighted by Crippen LogP contribution is 2.02. The number of unbranched alkanes of at least 4 members (excludes halogenated alkanes) is 1. The number of nitrogens with one attached hydrogen (secondary N) is 1. The number of carboxylic acid groups (broad SMARTS) is 1. The first-order valence-corrected chi connectivity index (χ1v) is 6.44. The van der Waals surface area contributed by atoms with Gasteiger partial charge in [-0.3, -0.25) is 9.59 Å². The van der Waals surface area contributed by atoms with Crippen LogP contribution in [-0.2, 0) is 14.4 Å². The number of aliphatic carboxylic acids is 1. The van der Waals surface area contributed by atoms with Crippen LogP contribution in [0, 0.1) is 0 Å². The van der Waals surface area contributed by atoms with Gasteiger partial charge in [-0.25, -0.2) is 0 Å². The van der Waals surface area contributed by atoms with Crippen LogP contribution in [0.25, 0.3) is 0 Å². The summed E-state index contributed by atoms with van der Waals surface area (Å²) >= 11 is 0. The van der Waals surface area contributed by atoms with Crippen LogP contribution in [0.5, 0.6) is 0 Å². The molecule has 1 amide bonds. The molecule has 20 heavy (non-hydrogen) atoms. The quantitative estimate of drug-likeness (QED) is 0.265. The van der Waals surface area contributed by atoms with E-state index in [1.54, 1.807) is 0 Å². The van der Waals surface area contributed by atoms with E-state index in [0.29, 0.717) is 6.54 Å². The molecule has 7 heteroatoms. The summed E-state index contributed by atoms with van der Waals surface area (Å²) in [4.78, 5) is 32.0. The van der Waals surface area contributed by atoms with Crippen LogP contribution in [0.4, 0.5) is 0 Å². The SMILES string of the molecule is CC(=O)NCCCCC([13CH]=O)N(C)C.[13CH3][13C](=O)O.[13CH3][15NH2]. The summed E-state index contributed by atoms with van der Waals surface area (Å²) in [5.41, 5.74) is 4.50. The molecule has 0 aliphatic rings. The predicted octanol–water partition coefficient (Wildman–Crippen LogP) is 0.0877. The van der Waals surface area contributed by atoms with Gasteiger partial charge >= 0.3 is 0 Å². The van der Waals surface area contributed by atoms with Gasteiger partial charge in [0.05, 0.1) is 6.04 Å². The smallest absolute Gasteiger partial charge is 0.300 e. The fraction of sp³-hybridized carbons (Fsp3) is 0.769. The minimum atomic E-state index is -0.833. The lowest BCUT2D eigenvalue weighted by Gasteiger charge is -2.17. The maximum atomic E-state index is 10.6. The molecule has 0 saturated carbocycles. The van der Waals surface area contributed by atoms with Crippen LogP contribution in [0.2, 0.25) is 0 Å². The Bertz CT molecular complexity index is 254. The number of hydrogen-bond donors (Lipinski definition) is 3. The van der Waals surface area contributed by atoms with Crippen LogP contribution < -0.4 is 11.1 Å². The van der Waals surface area contributed by atoms with Gasteiger partial charge in [0.2, 0.25) is 5.91 Å². The Hall–Kier alpha value is -1.47. The fourth-order valence-corrected chi connectivity index (χ4v) is 1.19. The summed E-state index contributed by atoms with van der Waals surface area (Å²) in [7, 11) is 5.29. The number of likely N-dealkylation sites (N-methyl/N-ethyl adjacent to an activating group) is 1. The van der Waals surface area contributed by atoms with Gasteiger partial charge in [0.1, 0.15) is 6.29 Å². The highest BCUT2D eigenvalue weighted by atomic mass is 16.5. The number of hydrogen-bond acceptors (Lipinski definition) is 5. The van der Waals surface area contributed by atoms with Crippen molar-refractivity contribution in [2.45, 2.75) is 39.2 Å². The summed E-state index contributed by atoms with van der Waals surface area (Å²) < 4.78 is 0. The van der Waals surface area contributed by atoms with Crippen molar-refractivity contribution >= 4 is 18.2 Å². The monoisotopic (exact) mass is 296 g/mol. The molecule has 0 heterocycles. The fourth-order valence-electron chi connectivity index (χ4n) is 1.19. The van der Waals surface area contributed by atoms with Crippen LogP contribution >= 0.6 is 0 Å². The van der Waals surface area contributed by atoms with Crippen molar-refractivity contribution in [3.05, 3.63) is 0 Å². The van der Waals surface area contributed by atoms with Gasteiger partial charge in [-0.1, -0.05) is 0 Å². The van der Waals surface area contributed by atoms with Crippen molar-refractivity contribution in [2.24, 2.45) is 5.73 Å². The lowest BCUT2D eigenvalue weighted by atomic mass is 10.2. The molecule has 0 fully saturated rings. The second-order valence-electron chi connectivity index (χ2n) is 4.16. The standard InChI is InChI=1S/C10H20N2O2.C2H4O2.CH5N/c1-9(14)11-7-5-4-6-10(8-13)12(2)3;1-2(3)4;1-2/h8,10H,4-7H2,1-3H3,(H,11,14);1H3,(H,3,4);2H2,1H3/i8+1;2*1+1,2+1. The highest BCUT2D eigenvalue weighted by Gasteiger charge is 2.08. The molecule has 0 aromatic rings. The molecule has 4 N–H and O–H groups in total. The lowest BCUT2D eigenvalue weighted by Crippen LogP contribution is -2.29. The molecule has 0 bridgehead atoms. The maximum absolute atomic E-state index is 10.6. The number of carbonyl (C=O) groups is 3. The lowest BCUT2D eigenvalue weighted by molar-refractivity contribution is -0.134. The third kappa shape index (κ3) is 25.4. The summed E-state index contributed by atoms with van der Waals surface area (Å²) in [5.74, 6) is -0.829. The summed E-state index contributed by atoms with van der Waals surface area (Å²) in [5, 5.41) is 10.1. The molecule has 1 atom stereocenters. The van der Waals surface area contributed by atoms with Crippen LogP contribution in [0.1, 0.15) is 33.1 Å². The van der Waals surface area contributed by atoms with Gasteiger partial charge in [0.15, 0.2) is 0 Å². The van der Waals surface area contributed by atoms with Crippen molar-refractivity contribution in [3.63, 3.8) is 0 Å². The van der Waals surface area contributed by atoms with Gasteiger partial charge in [-0.15, -0.1) is 0 Å². The first-order valence-electron chi connectivity index (χ1n) is 6.44. The Labute approximate surface area is 121 Å². The number of amides is 1. The van der Waals surface area contributed by atoms with Crippen molar-refractivity contribution in [3.8, 4) is 0 Å². The zero-order valence-electron chi connectivity index (χ0n) is 13.2. The molecular formula is C13H29N3O4. The Morgan fingerprint density at radius 3 is 2.00 bits per heavy atom. The normalized spacial score (nSPS) is 10.3. The largest absolute Gasteiger partial charge is 0.481 e. The number of carbonyl (C=O) groups excluding carboxylic acids is 2. The second kappa shape index (κ2) is 17.5. The molecule has 0 aromatic carbocycles. The maximum Gasteiger partial charge on any atom is 0.300 e. The average molecular weight is 296 g/mol. The van der Waals surface area contributed by atoms with E-state index in [4.69, 9.17) is 9.90 Å². The molecule has 0 spiro atoms. The van der Waals surface area contributed by atoms with E-state index < -0.39 is 5.97 Å². The number of aldehydes is 1. The molecule has 1 unspecified atom stereocenters. The first-order chi connectivity index (χ1) is 9.31. The van der Waals surface area contributed by atoms with Crippen molar-refractivity contribution in [1.82, 2.24) is 10.2 Å². The molecule has 0 aliphatic heterocycles. The van der Waals surface area contributed by atoms with Gasteiger partial charge in [0.25, 0.3) is 5.97 Å². The Morgan fingerprint density at radius 1 is 1.25 bits per heavy atom. The van der Waals surface area contributed by atoms with Crippen LogP contribution in [-0.4, -0.2) is 61.9 Å².